The SMILES string of the molecule is Cn1ncc(Cl)c1C(NN)c1ccccc1I. The monoisotopic (exact) mass is 362 g/mol. The van der Waals surface area contributed by atoms with E-state index in [1.165, 1.54) is 0 Å². The summed E-state index contributed by atoms with van der Waals surface area (Å²) in [4.78, 5) is 0. The van der Waals surface area contributed by atoms with Crippen molar-refractivity contribution < 1.29 is 0 Å². The first-order valence-corrected chi connectivity index (χ1v) is 6.48. The molecule has 0 aliphatic carbocycles. The summed E-state index contributed by atoms with van der Waals surface area (Å²) in [5, 5.41) is 4.73. The van der Waals surface area contributed by atoms with Crippen LogP contribution in [0.5, 0.6) is 0 Å². The lowest BCUT2D eigenvalue weighted by molar-refractivity contribution is 0.573. The average molecular weight is 363 g/mol. The predicted molar refractivity (Wildman–Crippen MR) is 76.5 cm³/mol. The molecule has 2 rings (SSSR count). The molecule has 0 spiro atoms. The zero-order chi connectivity index (χ0) is 12.4. The van der Waals surface area contributed by atoms with Gasteiger partial charge in [-0.1, -0.05) is 29.8 Å². The van der Waals surface area contributed by atoms with E-state index in [0.29, 0.717) is 5.02 Å². The fourth-order valence-electron chi connectivity index (χ4n) is 1.77. The number of hydrazine groups is 1. The van der Waals surface area contributed by atoms with Crippen molar-refractivity contribution in [2.24, 2.45) is 12.9 Å². The largest absolute Gasteiger partial charge is 0.271 e. The van der Waals surface area contributed by atoms with Gasteiger partial charge in [-0.2, -0.15) is 5.10 Å². The van der Waals surface area contributed by atoms with Gasteiger partial charge in [-0.15, -0.1) is 0 Å². The molecule has 0 bridgehead atoms. The van der Waals surface area contributed by atoms with E-state index in [-0.39, 0.29) is 6.04 Å². The highest BCUT2D eigenvalue weighted by Crippen LogP contribution is 2.29. The molecule has 0 fully saturated rings. The first-order valence-electron chi connectivity index (χ1n) is 5.03. The number of benzene rings is 1. The van der Waals surface area contributed by atoms with Gasteiger partial charge < -0.3 is 0 Å². The standard InChI is InChI=1S/C11H12ClIN4/c1-17-11(8(12)6-15-17)10(16-14)7-4-2-3-5-9(7)13/h2-6,10,16H,14H2,1H3. The third kappa shape index (κ3) is 2.47. The Bertz CT molecular complexity index is 506. The minimum absolute atomic E-state index is 0.164. The minimum Gasteiger partial charge on any atom is -0.271 e. The van der Waals surface area contributed by atoms with Crippen LogP contribution in [0.1, 0.15) is 17.3 Å². The van der Waals surface area contributed by atoms with E-state index in [1.807, 2.05) is 31.3 Å². The number of aromatic nitrogens is 2. The maximum Gasteiger partial charge on any atom is 0.0903 e. The second-order valence-corrected chi connectivity index (χ2v) is 5.19. The summed E-state index contributed by atoms with van der Waals surface area (Å²) in [5.41, 5.74) is 4.74. The molecule has 0 radical (unpaired) electrons. The average Bonchev–Trinajstić information content (AvgIpc) is 2.64. The molecular formula is C11H12ClIN4. The molecule has 1 atom stereocenters. The first kappa shape index (κ1) is 12.8. The maximum atomic E-state index is 6.14. The van der Waals surface area contributed by atoms with Gasteiger partial charge >= 0.3 is 0 Å². The second-order valence-electron chi connectivity index (χ2n) is 3.62. The van der Waals surface area contributed by atoms with Crippen LogP contribution in [0.25, 0.3) is 0 Å². The molecule has 17 heavy (non-hydrogen) atoms. The summed E-state index contributed by atoms with van der Waals surface area (Å²) in [6, 6.07) is 7.86. The summed E-state index contributed by atoms with van der Waals surface area (Å²) in [6.07, 6.45) is 1.62. The van der Waals surface area contributed by atoms with Gasteiger partial charge in [0.05, 0.1) is 23.0 Å². The van der Waals surface area contributed by atoms with Crippen molar-refractivity contribution in [2.75, 3.05) is 0 Å². The molecule has 0 saturated carbocycles. The van der Waals surface area contributed by atoms with Crippen LogP contribution in [0.3, 0.4) is 0 Å². The highest BCUT2D eigenvalue weighted by molar-refractivity contribution is 14.1. The van der Waals surface area contributed by atoms with Crippen LogP contribution in [0.2, 0.25) is 5.02 Å². The summed E-state index contributed by atoms with van der Waals surface area (Å²) in [7, 11) is 1.85. The molecule has 4 nitrogen and oxygen atoms in total. The molecule has 1 unspecified atom stereocenters. The molecule has 0 saturated heterocycles. The number of hydrogen-bond acceptors (Lipinski definition) is 3. The number of rotatable bonds is 3. The maximum absolute atomic E-state index is 6.14. The fourth-order valence-corrected chi connectivity index (χ4v) is 2.74. The van der Waals surface area contributed by atoms with E-state index in [2.05, 4.69) is 33.1 Å². The highest BCUT2D eigenvalue weighted by Gasteiger charge is 2.21. The van der Waals surface area contributed by atoms with Gasteiger partial charge in [0.1, 0.15) is 0 Å². The van der Waals surface area contributed by atoms with E-state index in [1.54, 1.807) is 10.9 Å². The Kier molecular flexibility index (Phi) is 4.03. The Hall–Kier alpha value is -0.630. The van der Waals surface area contributed by atoms with Gasteiger partial charge in [0.2, 0.25) is 0 Å². The molecule has 1 heterocycles. The molecule has 90 valence electrons. The van der Waals surface area contributed by atoms with Crippen molar-refractivity contribution in [1.29, 1.82) is 0 Å². The zero-order valence-corrected chi connectivity index (χ0v) is 12.1. The normalized spacial score (nSPS) is 12.7. The van der Waals surface area contributed by atoms with Crippen LogP contribution < -0.4 is 11.3 Å². The summed E-state index contributed by atoms with van der Waals surface area (Å²) >= 11 is 8.42. The molecule has 3 N–H and O–H groups in total. The Labute approximate surface area is 118 Å². The number of aryl methyl sites for hydroxylation is 1. The Morgan fingerprint density at radius 3 is 2.71 bits per heavy atom. The van der Waals surface area contributed by atoms with Crippen molar-refractivity contribution in [2.45, 2.75) is 6.04 Å². The summed E-state index contributed by atoms with van der Waals surface area (Å²) < 4.78 is 2.86. The molecule has 0 amide bonds. The highest BCUT2D eigenvalue weighted by atomic mass is 127. The van der Waals surface area contributed by atoms with Crippen LogP contribution in [0.4, 0.5) is 0 Å². The van der Waals surface area contributed by atoms with Crippen LogP contribution >= 0.6 is 34.2 Å². The molecular weight excluding hydrogens is 351 g/mol. The van der Waals surface area contributed by atoms with Gasteiger partial charge in [0, 0.05) is 10.6 Å². The van der Waals surface area contributed by atoms with Crippen molar-refractivity contribution in [3.8, 4) is 0 Å². The van der Waals surface area contributed by atoms with Gasteiger partial charge in [-0.25, -0.2) is 5.43 Å². The topological polar surface area (TPSA) is 55.9 Å². The summed E-state index contributed by atoms with van der Waals surface area (Å²) in [5.74, 6) is 5.65. The van der Waals surface area contributed by atoms with Crippen LogP contribution in [-0.4, -0.2) is 9.78 Å². The van der Waals surface area contributed by atoms with E-state index in [0.717, 1.165) is 14.8 Å². The van der Waals surface area contributed by atoms with Crippen LogP contribution in [0.15, 0.2) is 30.5 Å². The lowest BCUT2D eigenvalue weighted by Gasteiger charge is -2.18. The van der Waals surface area contributed by atoms with Crippen molar-refractivity contribution in [3.05, 3.63) is 50.3 Å². The lowest BCUT2D eigenvalue weighted by Crippen LogP contribution is -2.31. The Balaban J connectivity index is 2.52. The van der Waals surface area contributed by atoms with Crippen molar-refractivity contribution in [3.63, 3.8) is 0 Å². The smallest absolute Gasteiger partial charge is 0.0903 e. The van der Waals surface area contributed by atoms with Crippen molar-refractivity contribution in [1.82, 2.24) is 15.2 Å². The fraction of sp³-hybridized carbons (Fsp3) is 0.182. The van der Waals surface area contributed by atoms with Gasteiger partial charge in [0.15, 0.2) is 0 Å². The molecule has 6 heteroatoms. The lowest BCUT2D eigenvalue weighted by atomic mass is 10.0. The number of hydrogen-bond donors (Lipinski definition) is 2. The van der Waals surface area contributed by atoms with E-state index in [9.17, 15) is 0 Å². The van der Waals surface area contributed by atoms with Crippen LogP contribution in [-0.2, 0) is 7.05 Å². The van der Waals surface area contributed by atoms with Gasteiger partial charge in [0.25, 0.3) is 0 Å². The van der Waals surface area contributed by atoms with Crippen LogP contribution in [0, 0.1) is 3.57 Å². The molecule has 1 aromatic carbocycles. The van der Waals surface area contributed by atoms with Gasteiger partial charge in [-0.3, -0.25) is 10.5 Å². The Morgan fingerprint density at radius 1 is 1.47 bits per heavy atom. The molecule has 0 aliphatic heterocycles. The van der Waals surface area contributed by atoms with Crippen molar-refractivity contribution >= 4 is 34.2 Å². The number of nitrogens with two attached hydrogens (primary N) is 1. The molecule has 2 aromatic rings. The quantitative estimate of drug-likeness (QED) is 0.500. The Morgan fingerprint density at radius 2 is 2.18 bits per heavy atom. The second kappa shape index (κ2) is 5.34. The van der Waals surface area contributed by atoms with E-state index in [4.69, 9.17) is 17.4 Å². The zero-order valence-electron chi connectivity index (χ0n) is 9.19. The first-order chi connectivity index (χ1) is 8.15. The molecule has 1 aromatic heterocycles. The van der Waals surface area contributed by atoms with Gasteiger partial charge in [-0.05, 0) is 34.2 Å². The number of halogens is 2. The third-order valence-electron chi connectivity index (χ3n) is 2.59. The third-order valence-corrected chi connectivity index (χ3v) is 3.87. The summed E-state index contributed by atoms with van der Waals surface area (Å²) in [6.45, 7) is 0. The molecule has 0 aliphatic rings. The van der Waals surface area contributed by atoms with E-state index >= 15 is 0 Å². The number of nitrogens with zero attached hydrogens (tertiary/aromatic N) is 2. The minimum atomic E-state index is -0.164. The predicted octanol–water partition coefficient (Wildman–Crippen LogP) is 2.23. The number of nitrogens with one attached hydrogen (secondary N) is 1. The van der Waals surface area contributed by atoms with E-state index < -0.39 is 0 Å².